The molecular weight excluding hydrogens is 304 g/mol. The van der Waals surface area contributed by atoms with E-state index in [1.54, 1.807) is 14.2 Å². The van der Waals surface area contributed by atoms with Crippen molar-refractivity contribution in [1.29, 1.82) is 0 Å². The molecule has 1 atom stereocenters. The van der Waals surface area contributed by atoms with Crippen LogP contribution in [0.1, 0.15) is 18.1 Å². The second kappa shape index (κ2) is 7.64. The molecule has 0 aromatic heterocycles. The Balaban J connectivity index is 1.71. The molecule has 1 aliphatic rings. The molecule has 0 bridgehead atoms. The summed E-state index contributed by atoms with van der Waals surface area (Å²) in [4.78, 5) is 13.7. The smallest absolute Gasteiger partial charge is 0.221 e. The highest BCUT2D eigenvalue weighted by Gasteiger charge is 2.22. The van der Waals surface area contributed by atoms with Gasteiger partial charge in [0.15, 0.2) is 0 Å². The fourth-order valence-corrected chi connectivity index (χ4v) is 3.06. The Labute approximate surface area is 142 Å². The van der Waals surface area contributed by atoms with Crippen LogP contribution in [-0.4, -0.2) is 51.2 Å². The van der Waals surface area contributed by atoms with E-state index in [9.17, 15) is 4.79 Å². The normalized spacial score (nSPS) is 18.5. The van der Waals surface area contributed by atoms with Crippen molar-refractivity contribution in [3.63, 3.8) is 0 Å². The summed E-state index contributed by atoms with van der Waals surface area (Å²) in [6.07, 6.45) is 0.579. The van der Waals surface area contributed by atoms with E-state index in [-0.39, 0.29) is 12.0 Å². The fraction of sp³-hybridized carbons (Fsp3) is 0.421. The minimum Gasteiger partial charge on any atom is -0.497 e. The maximum absolute atomic E-state index is 11.4. The van der Waals surface area contributed by atoms with Crippen molar-refractivity contribution in [2.45, 2.75) is 12.5 Å². The average molecular weight is 328 g/mol. The van der Waals surface area contributed by atoms with Crippen LogP contribution in [-0.2, 0) is 9.53 Å². The molecule has 128 valence electrons. The summed E-state index contributed by atoms with van der Waals surface area (Å²) in [6.45, 7) is 3.15. The zero-order valence-electron chi connectivity index (χ0n) is 14.2. The second-order valence-electron chi connectivity index (χ2n) is 6.06. The number of carbonyl (C=O) groups excluding carboxylic acids is 1. The molecule has 5 nitrogen and oxygen atoms in total. The van der Waals surface area contributed by atoms with Gasteiger partial charge in [0.25, 0.3) is 0 Å². The summed E-state index contributed by atoms with van der Waals surface area (Å²) in [5.74, 6) is 0.947. The third-order valence-electron chi connectivity index (χ3n) is 4.53. The molecule has 24 heavy (non-hydrogen) atoms. The number of morpholine rings is 1. The molecule has 2 aromatic rings. The number of fused-ring (bicyclic) bond motifs is 1. The first kappa shape index (κ1) is 16.7. The van der Waals surface area contributed by atoms with Gasteiger partial charge in [-0.15, -0.1) is 0 Å². The van der Waals surface area contributed by atoms with E-state index in [4.69, 9.17) is 9.47 Å². The fourth-order valence-electron chi connectivity index (χ4n) is 3.06. The monoisotopic (exact) mass is 328 g/mol. The van der Waals surface area contributed by atoms with Gasteiger partial charge in [0.1, 0.15) is 5.75 Å². The summed E-state index contributed by atoms with van der Waals surface area (Å²) < 4.78 is 11.2. The van der Waals surface area contributed by atoms with Crippen LogP contribution >= 0.6 is 0 Å². The van der Waals surface area contributed by atoms with Gasteiger partial charge in [0.2, 0.25) is 5.91 Å². The largest absolute Gasteiger partial charge is 0.497 e. The molecule has 1 saturated heterocycles. The topological polar surface area (TPSA) is 50.8 Å². The van der Waals surface area contributed by atoms with Crippen molar-refractivity contribution in [1.82, 2.24) is 10.2 Å². The molecular formula is C19H24N2O3. The van der Waals surface area contributed by atoms with Crippen LogP contribution in [0.15, 0.2) is 36.4 Å². The van der Waals surface area contributed by atoms with Gasteiger partial charge in [0.05, 0.1) is 19.8 Å². The molecule has 1 N–H and O–H groups in total. The van der Waals surface area contributed by atoms with Gasteiger partial charge in [-0.25, -0.2) is 0 Å². The van der Waals surface area contributed by atoms with E-state index < -0.39 is 0 Å². The van der Waals surface area contributed by atoms with Gasteiger partial charge in [-0.05, 0) is 34.5 Å². The Morgan fingerprint density at radius 1 is 1.29 bits per heavy atom. The zero-order valence-corrected chi connectivity index (χ0v) is 14.2. The summed E-state index contributed by atoms with van der Waals surface area (Å²) in [7, 11) is 3.35. The van der Waals surface area contributed by atoms with Gasteiger partial charge in [0, 0.05) is 33.1 Å². The third kappa shape index (κ3) is 3.86. The first-order chi connectivity index (χ1) is 11.7. The molecule has 1 fully saturated rings. The average Bonchev–Trinajstić information content (AvgIpc) is 2.65. The molecule has 5 heteroatoms. The molecule has 0 saturated carbocycles. The number of hydrogen-bond donors (Lipinski definition) is 1. The molecule has 2 aromatic carbocycles. The number of ether oxygens (including phenoxy) is 2. The molecule has 0 radical (unpaired) electrons. The highest BCUT2D eigenvalue weighted by atomic mass is 16.5. The summed E-state index contributed by atoms with van der Waals surface area (Å²) >= 11 is 0. The van der Waals surface area contributed by atoms with E-state index in [1.165, 1.54) is 10.9 Å². The minimum absolute atomic E-state index is 0.0509. The van der Waals surface area contributed by atoms with E-state index in [2.05, 4.69) is 34.5 Å². The maximum atomic E-state index is 11.4. The van der Waals surface area contributed by atoms with Gasteiger partial charge in [-0.2, -0.15) is 0 Å². The lowest BCUT2D eigenvalue weighted by molar-refractivity contribution is -0.121. The lowest BCUT2D eigenvalue weighted by Crippen LogP contribution is -2.40. The molecule has 0 spiro atoms. The van der Waals surface area contributed by atoms with Crippen molar-refractivity contribution in [3.05, 3.63) is 42.0 Å². The third-order valence-corrected chi connectivity index (χ3v) is 4.53. The molecule has 0 aliphatic carbocycles. The summed E-state index contributed by atoms with van der Waals surface area (Å²) in [5, 5.41) is 5.01. The zero-order chi connectivity index (χ0) is 16.9. The van der Waals surface area contributed by atoms with Crippen molar-refractivity contribution in [3.8, 4) is 5.75 Å². The number of amides is 1. The molecule has 1 aliphatic heterocycles. The lowest BCUT2D eigenvalue weighted by atomic mass is 10.0. The second-order valence-corrected chi connectivity index (χ2v) is 6.06. The van der Waals surface area contributed by atoms with Crippen LogP contribution in [0.2, 0.25) is 0 Å². The number of methoxy groups -OCH3 is 1. The summed E-state index contributed by atoms with van der Waals surface area (Å²) in [6, 6.07) is 12.5. The minimum atomic E-state index is 0.0509. The van der Waals surface area contributed by atoms with Crippen molar-refractivity contribution in [2.24, 2.45) is 0 Å². The van der Waals surface area contributed by atoms with Gasteiger partial charge >= 0.3 is 0 Å². The quantitative estimate of drug-likeness (QED) is 0.915. The Bertz CT molecular complexity index is 717. The predicted molar refractivity (Wildman–Crippen MR) is 94.3 cm³/mol. The van der Waals surface area contributed by atoms with Crippen molar-refractivity contribution >= 4 is 16.7 Å². The Morgan fingerprint density at radius 2 is 2.08 bits per heavy atom. The first-order valence-corrected chi connectivity index (χ1v) is 8.32. The van der Waals surface area contributed by atoms with Crippen LogP contribution in [0.5, 0.6) is 5.75 Å². The number of hydrogen-bond acceptors (Lipinski definition) is 4. The van der Waals surface area contributed by atoms with Crippen LogP contribution in [0.4, 0.5) is 0 Å². The summed E-state index contributed by atoms with van der Waals surface area (Å²) in [5.41, 5.74) is 1.18. The number of carbonyl (C=O) groups is 1. The highest BCUT2D eigenvalue weighted by molar-refractivity contribution is 5.84. The van der Waals surface area contributed by atoms with Crippen LogP contribution in [0, 0.1) is 0 Å². The number of nitrogens with zero attached hydrogens (tertiary/aromatic N) is 1. The highest BCUT2D eigenvalue weighted by Crippen LogP contribution is 2.27. The number of nitrogens with one attached hydrogen (secondary N) is 1. The number of benzene rings is 2. The van der Waals surface area contributed by atoms with Gasteiger partial charge in [-0.1, -0.05) is 18.2 Å². The van der Waals surface area contributed by atoms with Crippen LogP contribution < -0.4 is 10.1 Å². The molecule has 3 rings (SSSR count). The van der Waals surface area contributed by atoms with E-state index in [1.807, 2.05) is 12.1 Å². The van der Waals surface area contributed by atoms with Crippen molar-refractivity contribution in [2.75, 3.05) is 40.4 Å². The predicted octanol–water partition coefficient (Wildman–Crippen LogP) is 2.36. The molecule has 0 unspecified atom stereocenters. The van der Waals surface area contributed by atoms with Crippen LogP contribution in [0.3, 0.4) is 0 Å². The molecule has 1 heterocycles. The van der Waals surface area contributed by atoms with Gasteiger partial charge < -0.3 is 14.8 Å². The Kier molecular flexibility index (Phi) is 5.33. The SMILES string of the molecule is CNC(=O)CCN1CCO[C@@H](c2ccc3cc(OC)ccc3c2)C1. The van der Waals surface area contributed by atoms with Crippen LogP contribution in [0.25, 0.3) is 10.8 Å². The van der Waals surface area contributed by atoms with E-state index >= 15 is 0 Å². The lowest BCUT2D eigenvalue weighted by Gasteiger charge is -2.33. The van der Waals surface area contributed by atoms with E-state index in [0.29, 0.717) is 13.0 Å². The van der Waals surface area contributed by atoms with Crippen molar-refractivity contribution < 1.29 is 14.3 Å². The van der Waals surface area contributed by atoms with Gasteiger partial charge in [-0.3, -0.25) is 9.69 Å². The Hall–Kier alpha value is -2.11. The van der Waals surface area contributed by atoms with E-state index in [0.717, 1.165) is 30.8 Å². The Morgan fingerprint density at radius 3 is 2.88 bits per heavy atom. The number of rotatable bonds is 5. The first-order valence-electron chi connectivity index (χ1n) is 8.32. The maximum Gasteiger partial charge on any atom is 0.221 e. The standard InChI is InChI=1S/C19H24N2O3/c1-20-19(22)7-8-21-9-10-24-18(13-21)16-4-3-15-12-17(23-2)6-5-14(15)11-16/h3-6,11-12,18H,7-10,13H2,1-2H3,(H,20,22)/t18-/m1/s1. The molecule has 1 amide bonds.